The van der Waals surface area contributed by atoms with Crippen LogP contribution in [0.15, 0.2) is 76.7 Å². The van der Waals surface area contributed by atoms with E-state index >= 15 is 0 Å². The van der Waals surface area contributed by atoms with E-state index in [4.69, 9.17) is 26.1 Å². The number of hydrogen-bond acceptors (Lipinski definition) is 5. The van der Waals surface area contributed by atoms with Crippen LogP contribution < -0.4 is 15.0 Å². The largest absolute Gasteiger partial charge is 0.497 e. The maximum Gasteiger partial charge on any atom is 0.266 e. The highest BCUT2D eigenvalue weighted by molar-refractivity contribution is 7.98. The first kappa shape index (κ1) is 20.3. The Hall–Kier alpha value is -2.96. The third kappa shape index (κ3) is 4.01. The summed E-state index contributed by atoms with van der Waals surface area (Å²) in [7, 11) is 3.22. The number of ether oxygens (including phenoxy) is 2. The van der Waals surface area contributed by atoms with Gasteiger partial charge in [0, 0.05) is 10.8 Å². The summed E-state index contributed by atoms with van der Waals surface area (Å²) < 4.78 is 12.3. The fourth-order valence-corrected chi connectivity index (χ4v) is 4.26. The Morgan fingerprint density at radius 1 is 1.00 bits per heavy atom. The monoisotopic (exact) mass is 438 g/mol. The predicted octanol–water partition coefficient (Wildman–Crippen LogP) is 5.35. The van der Waals surface area contributed by atoms with Gasteiger partial charge in [-0.15, -0.1) is 0 Å². The molecule has 4 rings (SSSR count). The SMILES string of the molecule is COc1ccc(CSc2nc3cc(Cl)ccc3c(=O)n2-c2ccccc2OC)cc1. The molecular formula is C23H19ClN2O3S. The maximum atomic E-state index is 13.4. The second kappa shape index (κ2) is 8.81. The Morgan fingerprint density at radius 3 is 2.50 bits per heavy atom. The minimum atomic E-state index is -0.168. The lowest BCUT2D eigenvalue weighted by atomic mass is 10.2. The number of aromatic nitrogens is 2. The van der Waals surface area contributed by atoms with E-state index in [0.717, 1.165) is 11.3 Å². The van der Waals surface area contributed by atoms with Gasteiger partial charge in [-0.1, -0.05) is 47.6 Å². The van der Waals surface area contributed by atoms with E-state index in [1.165, 1.54) is 11.8 Å². The highest BCUT2D eigenvalue weighted by Crippen LogP contribution is 2.29. The van der Waals surface area contributed by atoms with Gasteiger partial charge in [0.1, 0.15) is 11.5 Å². The first-order valence-electron chi connectivity index (χ1n) is 9.22. The smallest absolute Gasteiger partial charge is 0.266 e. The molecule has 1 heterocycles. The molecule has 0 unspecified atom stereocenters. The predicted molar refractivity (Wildman–Crippen MR) is 121 cm³/mol. The molecular weight excluding hydrogens is 420 g/mol. The van der Waals surface area contributed by atoms with E-state index in [9.17, 15) is 4.79 Å². The second-order valence-electron chi connectivity index (χ2n) is 6.51. The number of hydrogen-bond donors (Lipinski definition) is 0. The minimum absolute atomic E-state index is 0.168. The van der Waals surface area contributed by atoms with Gasteiger partial charge in [0.05, 0.1) is 30.8 Å². The molecule has 152 valence electrons. The first-order chi connectivity index (χ1) is 14.6. The summed E-state index contributed by atoms with van der Waals surface area (Å²) in [6, 6.07) is 20.3. The van der Waals surface area contributed by atoms with Crippen LogP contribution in [-0.2, 0) is 5.75 Å². The molecule has 0 atom stereocenters. The lowest BCUT2D eigenvalue weighted by molar-refractivity contribution is 0.411. The van der Waals surface area contributed by atoms with Crippen molar-refractivity contribution in [3.63, 3.8) is 0 Å². The molecule has 0 saturated carbocycles. The van der Waals surface area contributed by atoms with Crippen LogP contribution in [0.5, 0.6) is 11.5 Å². The van der Waals surface area contributed by atoms with E-state index in [1.54, 1.807) is 37.0 Å². The van der Waals surface area contributed by atoms with Crippen LogP contribution in [0.4, 0.5) is 0 Å². The van der Waals surface area contributed by atoms with Crippen molar-refractivity contribution in [3.8, 4) is 17.2 Å². The van der Waals surface area contributed by atoms with Crippen LogP contribution in [-0.4, -0.2) is 23.8 Å². The van der Waals surface area contributed by atoms with E-state index < -0.39 is 0 Å². The third-order valence-corrected chi connectivity index (χ3v) is 5.90. The molecule has 7 heteroatoms. The van der Waals surface area contributed by atoms with Gasteiger partial charge in [-0.2, -0.15) is 0 Å². The Bertz CT molecular complexity index is 1260. The number of rotatable bonds is 6. The average molecular weight is 439 g/mol. The Morgan fingerprint density at radius 2 is 1.77 bits per heavy atom. The van der Waals surface area contributed by atoms with Crippen LogP contribution in [0.3, 0.4) is 0 Å². The van der Waals surface area contributed by atoms with Crippen molar-refractivity contribution in [2.45, 2.75) is 10.9 Å². The molecule has 0 fully saturated rings. The highest BCUT2D eigenvalue weighted by Gasteiger charge is 2.16. The zero-order valence-corrected chi connectivity index (χ0v) is 18.0. The summed E-state index contributed by atoms with van der Waals surface area (Å²) in [5, 5.41) is 1.60. The zero-order valence-electron chi connectivity index (χ0n) is 16.5. The second-order valence-corrected chi connectivity index (χ2v) is 7.88. The molecule has 4 aromatic rings. The van der Waals surface area contributed by atoms with Gasteiger partial charge in [-0.25, -0.2) is 4.98 Å². The summed E-state index contributed by atoms with van der Waals surface area (Å²) in [6.45, 7) is 0. The van der Waals surface area contributed by atoms with Crippen molar-refractivity contribution in [1.82, 2.24) is 9.55 Å². The molecule has 0 bridgehead atoms. The minimum Gasteiger partial charge on any atom is -0.497 e. The van der Waals surface area contributed by atoms with Gasteiger partial charge < -0.3 is 9.47 Å². The van der Waals surface area contributed by atoms with Crippen molar-refractivity contribution in [2.75, 3.05) is 14.2 Å². The molecule has 3 aromatic carbocycles. The number of nitrogens with zero attached hydrogens (tertiary/aromatic N) is 2. The Kier molecular flexibility index (Phi) is 5.97. The molecule has 0 spiro atoms. The Balaban J connectivity index is 1.84. The number of thioether (sulfide) groups is 1. The quantitative estimate of drug-likeness (QED) is 0.300. The Labute approximate surface area is 183 Å². The molecule has 5 nitrogen and oxygen atoms in total. The summed E-state index contributed by atoms with van der Waals surface area (Å²) >= 11 is 7.62. The van der Waals surface area contributed by atoms with Gasteiger partial charge in [-0.05, 0) is 48.0 Å². The highest BCUT2D eigenvalue weighted by atomic mass is 35.5. The molecule has 1 aromatic heterocycles. The number of methoxy groups -OCH3 is 2. The lowest BCUT2D eigenvalue weighted by Crippen LogP contribution is -2.22. The summed E-state index contributed by atoms with van der Waals surface area (Å²) in [5.41, 5.74) is 2.13. The molecule has 0 aliphatic heterocycles. The third-order valence-electron chi connectivity index (χ3n) is 4.65. The van der Waals surface area contributed by atoms with Gasteiger partial charge in [0.15, 0.2) is 5.16 Å². The zero-order chi connectivity index (χ0) is 21.1. The van der Waals surface area contributed by atoms with Crippen LogP contribution in [0, 0.1) is 0 Å². The van der Waals surface area contributed by atoms with Crippen LogP contribution in [0.1, 0.15) is 5.56 Å². The molecule has 0 saturated heterocycles. The lowest BCUT2D eigenvalue weighted by Gasteiger charge is -2.16. The summed E-state index contributed by atoms with van der Waals surface area (Å²) in [5.74, 6) is 2.03. The molecule has 0 aliphatic carbocycles. The number of para-hydroxylation sites is 2. The van der Waals surface area contributed by atoms with Crippen molar-refractivity contribution < 1.29 is 9.47 Å². The molecule has 30 heavy (non-hydrogen) atoms. The molecule has 0 aliphatic rings. The normalized spacial score (nSPS) is 10.9. The fraction of sp³-hybridized carbons (Fsp3) is 0.130. The van der Waals surface area contributed by atoms with Gasteiger partial charge >= 0.3 is 0 Å². The van der Waals surface area contributed by atoms with Crippen LogP contribution >= 0.6 is 23.4 Å². The van der Waals surface area contributed by atoms with Gasteiger partial charge in [0.2, 0.25) is 0 Å². The topological polar surface area (TPSA) is 53.3 Å². The van der Waals surface area contributed by atoms with Crippen molar-refractivity contribution in [2.24, 2.45) is 0 Å². The van der Waals surface area contributed by atoms with E-state index in [0.29, 0.717) is 38.3 Å². The van der Waals surface area contributed by atoms with Crippen LogP contribution in [0.25, 0.3) is 16.6 Å². The van der Waals surface area contributed by atoms with Crippen molar-refractivity contribution in [3.05, 3.63) is 87.7 Å². The summed E-state index contributed by atoms with van der Waals surface area (Å²) in [6.07, 6.45) is 0. The first-order valence-corrected chi connectivity index (χ1v) is 10.6. The average Bonchev–Trinajstić information content (AvgIpc) is 2.78. The van der Waals surface area contributed by atoms with E-state index in [-0.39, 0.29) is 5.56 Å². The van der Waals surface area contributed by atoms with E-state index in [2.05, 4.69) is 0 Å². The number of fused-ring (bicyclic) bond motifs is 1. The fourth-order valence-electron chi connectivity index (χ4n) is 3.13. The molecule has 0 amide bonds. The van der Waals surface area contributed by atoms with Crippen molar-refractivity contribution in [1.29, 1.82) is 0 Å². The number of halogens is 1. The van der Waals surface area contributed by atoms with Crippen molar-refractivity contribution >= 4 is 34.3 Å². The molecule has 0 radical (unpaired) electrons. The van der Waals surface area contributed by atoms with Crippen LogP contribution in [0.2, 0.25) is 5.02 Å². The molecule has 0 N–H and O–H groups in total. The van der Waals surface area contributed by atoms with E-state index in [1.807, 2.05) is 48.5 Å². The maximum absolute atomic E-state index is 13.4. The standard InChI is InChI=1S/C23H19ClN2O3S/c1-28-17-10-7-15(8-11-17)14-30-23-25-19-13-16(24)9-12-18(19)22(27)26(23)20-5-3-4-6-21(20)29-2/h3-13H,14H2,1-2H3. The van der Waals surface area contributed by atoms with Gasteiger partial charge in [-0.3, -0.25) is 9.36 Å². The van der Waals surface area contributed by atoms with Gasteiger partial charge in [0.25, 0.3) is 5.56 Å². The number of benzene rings is 3. The summed E-state index contributed by atoms with van der Waals surface area (Å²) in [4.78, 5) is 18.2.